The molecule has 2 aromatic rings. The Labute approximate surface area is 106 Å². The second-order valence-corrected chi connectivity index (χ2v) is 4.72. The highest BCUT2D eigenvalue weighted by atomic mass is 16.5. The number of aliphatic hydroxyl groups is 1. The fourth-order valence-corrected chi connectivity index (χ4v) is 1.94. The quantitative estimate of drug-likeness (QED) is 0.895. The molecule has 1 aliphatic carbocycles. The molecule has 1 N–H and O–H groups in total. The summed E-state index contributed by atoms with van der Waals surface area (Å²) in [5, 5.41) is 10.3. The summed E-state index contributed by atoms with van der Waals surface area (Å²) in [6, 6.07) is 7.64. The van der Waals surface area contributed by atoms with Crippen LogP contribution in [0.2, 0.25) is 0 Å². The van der Waals surface area contributed by atoms with Crippen LogP contribution in [0.4, 0.5) is 0 Å². The van der Waals surface area contributed by atoms with Crippen LogP contribution in [-0.4, -0.2) is 20.8 Å². The van der Waals surface area contributed by atoms with Crippen molar-refractivity contribution in [3.63, 3.8) is 0 Å². The van der Waals surface area contributed by atoms with Crippen molar-refractivity contribution < 1.29 is 9.84 Å². The zero-order valence-corrected chi connectivity index (χ0v) is 10.3. The molecule has 0 spiro atoms. The minimum Gasteiger partial charge on any atom is -0.490 e. The van der Waals surface area contributed by atoms with Crippen molar-refractivity contribution in [3.8, 4) is 5.75 Å². The number of imidazole rings is 1. The fraction of sp³-hybridized carbons (Fsp3) is 0.357. The summed E-state index contributed by atoms with van der Waals surface area (Å²) in [6.45, 7) is 0. The molecule has 1 unspecified atom stereocenters. The van der Waals surface area contributed by atoms with E-state index in [1.807, 2.05) is 35.9 Å². The molecule has 1 saturated carbocycles. The van der Waals surface area contributed by atoms with E-state index in [9.17, 15) is 5.11 Å². The Balaban J connectivity index is 1.84. The molecule has 1 aliphatic rings. The standard InChI is InChI=1S/C14H16N2O2/c1-16-9-15-8-13(16)14(17)10-3-2-4-12(7-10)18-11-5-6-11/h2-4,7-9,11,14,17H,5-6H2,1H3. The fourth-order valence-electron chi connectivity index (χ4n) is 1.94. The molecule has 4 nitrogen and oxygen atoms in total. The predicted octanol–water partition coefficient (Wildman–Crippen LogP) is 2.04. The van der Waals surface area contributed by atoms with Crippen molar-refractivity contribution >= 4 is 0 Å². The van der Waals surface area contributed by atoms with Crippen molar-refractivity contribution in [2.45, 2.75) is 25.0 Å². The number of hydrogen-bond donors (Lipinski definition) is 1. The molecule has 0 radical (unpaired) electrons. The molecule has 0 saturated heterocycles. The molecule has 0 bridgehead atoms. The third-order valence-electron chi connectivity index (χ3n) is 3.14. The molecule has 4 heteroatoms. The van der Waals surface area contributed by atoms with Crippen molar-refractivity contribution in [1.29, 1.82) is 0 Å². The smallest absolute Gasteiger partial charge is 0.121 e. The van der Waals surface area contributed by atoms with Gasteiger partial charge in [0.05, 0.1) is 24.3 Å². The van der Waals surface area contributed by atoms with Gasteiger partial charge in [0.1, 0.15) is 11.9 Å². The van der Waals surface area contributed by atoms with Gasteiger partial charge in [0.25, 0.3) is 0 Å². The van der Waals surface area contributed by atoms with E-state index in [0.29, 0.717) is 6.10 Å². The summed E-state index contributed by atoms with van der Waals surface area (Å²) in [5.74, 6) is 0.830. The summed E-state index contributed by atoms with van der Waals surface area (Å²) in [5.41, 5.74) is 1.61. The first-order valence-corrected chi connectivity index (χ1v) is 6.15. The number of aryl methyl sites for hydroxylation is 1. The maximum atomic E-state index is 10.3. The molecule has 1 fully saturated rings. The van der Waals surface area contributed by atoms with Gasteiger partial charge in [-0.25, -0.2) is 4.98 Å². The van der Waals surface area contributed by atoms with E-state index in [0.717, 1.165) is 29.8 Å². The topological polar surface area (TPSA) is 47.3 Å². The van der Waals surface area contributed by atoms with Crippen LogP contribution < -0.4 is 4.74 Å². The third kappa shape index (κ3) is 2.24. The van der Waals surface area contributed by atoms with E-state index in [-0.39, 0.29) is 0 Å². The Morgan fingerprint density at radius 3 is 2.94 bits per heavy atom. The summed E-state index contributed by atoms with van der Waals surface area (Å²) < 4.78 is 7.55. The van der Waals surface area contributed by atoms with Gasteiger partial charge in [0, 0.05) is 7.05 Å². The minimum atomic E-state index is -0.666. The van der Waals surface area contributed by atoms with Crippen LogP contribution in [0, 0.1) is 0 Å². The van der Waals surface area contributed by atoms with Gasteiger partial charge >= 0.3 is 0 Å². The maximum absolute atomic E-state index is 10.3. The maximum Gasteiger partial charge on any atom is 0.121 e. The van der Waals surface area contributed by atoms with Gasteiger partial charge in [-0.05, 0) is 30.5 Å². The highest BCUT2D eigenvalue weighted by molar-refractivity contribution is 5.33. The first-order valence-electron chi connectivity index (χ1n) is 6.15. The number of rotatable bonds is 4. The zero-order valence-electron chi connectivity index (χ0n) is 10.3. The molecule has 1 aromatic carbocycles. The number of hydrogen-bond acceptors (Lipinski definition) is 3. The summed E-state index contributed by atoms with van der Waals surface area (Å²) in [7, 11) is 1.87. The molecule has 18 heavy (non-hydrogen) atoms. The van der Waals surface area contributed by atoms with Gasteiger partial charge in [-0.1, -0.05) is 12.1 Å². The van der Waals surface area contributed by atoms with E-state index in [2.05, 4.69) is 4.98 Å². The number of benzene rings is 1. The number of aliphatic hydroxyl groups excluding tert-OH is 1. The zero-order chi connectivity index (χ0) is 12.5. The van der Waals surface area contributed by atoms with Crippen molar-refractivity contribution in [1.82, 2.24) is 9.55 Å². The van der Waals surface area contributed by atoms with Crippen LogP contribution in [0.5, 0.6) is 5.75 Å². The second kappa shape index (κ2) is 4.46. The van der Waals surface area contributed by atoms with Gasteiger partial charge in [-0.2, -0.15) is 0 Å². The highest BCUT2D eigenvalue weighted by Crippen LogP contribution is 2.29. The molecular formula is C14H16N2O2. The Hall–Kier alpha value is -1.81. The van der Waals surface area contributed by atoms with E-state index < -0.39 is 6.10 Å². The van der Waals surface area contributed by atoms with Gasteiger partial charge < -0.3 is 14.4 Å². The molecule has 1 aromatic heterocycles. The SMILES string of the molecule is Cn1cncc1C(O)c1cccc(OC2CC2)c1. The molecule has 1 atom stereocenters. The molecule has 94 valence electrons. The average molecular weight is 244 g/mol. The van der Waals surface area contributed by atoms with E-state index in [1.165, 1.54) is 0 Å². The van der Waals surface area contributed by atoms with E-state index >= 15 is 0 Å². The number of ether oxygens (including phenoxy) is 1. The van der Waals surface area contributed by atoms with Crippen LogP contribution in [0.15, 0.2) is 36.8 Å². The first kappa shape index (κ1) is 11.3. The van der Waals surface area contributed by atoms with Crippen molar-refractivity contribution in [3.05, 3.63) is 48.0 Å². The van der Waals surface area contributed by atoms with Crippen LogP contribution >= 0.6 is 0 Å². The lowest BCUT2D eigenvalue weighted by atomic mass is 10.1. The Bertz CT molecular complexity index is 546. The van der Waals surface area contributed by atoms with Gasteiger partial charge in [0.2, 0.25) is 0 Å². The third-order valence-corrected chi connectivity index (χ3v) is 3.14. The number of nitrogens with zero attached hydrogens (tertiary/aromatic N) is 2. The summed E-state index contributed by atoms with van der Waals surface area (Å²) >= 11 is 0. The number of aromatic nitrogens is 2. The van der Waals surface area contributed by atoms with Crippen LogP contribution in [-0.2, 0) is 7.05 Å². The van der Waals surface area contributed by atoms with Crippen LogP contribution in [0.3, 0.4) is 0 Å². The van der Waals surface area contributed by atoms with Crippen molar-refractivity contribution in [2.24, 2.45) is 7.05 Å². The normalized spacial score (nSPS) is 16.6. The van der Waals surface area contributed by atoms with Crippen LogP contribution in [0.25, 0.3) is 0 Å². The molecule has 0 aliphatic heterocycles. The molecule has 1 heterocycles. The lowest BCUT2D eigenvalue weighted by Gasteiger charge is -2.13. The largest absolute Gasteiger partial charge is 0.490 e. The molecule has 0 amide bonds. The minimum absolute atomic E-state index is 0.370. The predicted molar refractivity (Wildman–Crippen MR) is 67.4 cm³/mol. The Morgan fingerprint density at radius 1 is 1.44 bits per heavy atom. The van der Waals surface area contributed by atoms with Crippen LogP contribution in [0.1, 0.15) is 30.2 Å². The monoisotopic (exact) mass is 244 g/mol. The van der Waals surface area contributed by atoms with Crippen molar-refractivity contribution in [2.75, 3.05) is 0 Å². The van der Waals surface area contributed by atoms with Gasteiger partial charge in [-0.15, -0.1) is 0 Å². The van der Waals surface area contributed by atoms with E-state index in [1.54, 1.807) is 12.5 Å². The van der Waals surface area contributed by atoms with E-state index in [4.69, 9.17) is 4.74 Å². The Kier molecular flexibility index (Phi) is 2.80. The lowest BCUT2D eigenvalue weighted by Crippen LogP contribution is -2.05. The lowest BCUT2D eigenvalue weighted by molar-refractivity contribution is 0.210. The van der Waals surface area contributed by atoms with Gasteiger partial charge in [0.15, 0.2) is 0 Å². The molecule has 3 rings (SSSR count). The summed E-state index contributed by atoms with van der Waals surface area (Å²) in [4.78, 5) is 4.02. The summed E-state index contributed by atoms with van der Waals surface area (Å²) in [6.07, 6.45) is 5.33. The molecular weight excluding hydrogens is 228 g/mol. The Morgan fingerprint density at radius 2 is 2.28 bits per heavy atom. The second-order valence-electron chi connectivity index (χ2n) is 4.72. The first-order chi connectivity index (χ1) is 8.74. The highest BCUT2D eigenvalue weighted by Gasteiger charge is 2.24. The average Bonchev–Trinajstić information content (AvgIpc) is 3.08. The van der Waals surface area contributed by atoms with Gasteiger partial charge in [-0.3, -0.25) is 0 Å².